The van der Waals surface area contributed by atoms with E-state index in [0.29, 0.717) is 12.4 Å². The summed E-state index contributed by atoms with van der Waals surface area (Å²) in [6, 6.07) is 7.95. The van der Waals surface area contributed by atoms with Crippen LogP contribution in [0.3, 0.4) is 0 Å². The van der Waals surface area contributed by atoms with E-state index in [1.165, 1.54) is 11.6 Å². The summed E-state index contributed by atoms with van der Waals surface area (Å²) in [5, 5.41) is 6.29. The second kappa shape index (κ2) is 13.9. The van der Waals surface area contributed by atoms with E-state index in [4.69, 9.17) is 9.47 Å². The molecule has 0 saturated heterocycles. The Bertz CT molecular complexity index is 600. The summed E-state index contributed by atoms with van der Waals surface area (Å²) in [5.41, 5.74) is 2.03. The van der Waals surface area contributed by atoms with E-state index in [0.717, 1.165) is 31.0 Å². The van der Waals surface area contributed by atoms with Crippen molar-refractivity contribution >= 4 is 0 Å². The summed E-state index contributed by atoms with van der Waals surface area (Å²) >= 11 is 0. The Morgan fingerprint density at radius 3 is 2.73 bits per heavy atom. The molecule has 5 nitrogen and oxygen atoms in total. The Hall–Kier alpha value is -2.31. The SMILES string of the molecule is C=C(CCNCc1cccc(OC)c1)OCC1=CC=C(F)CN1.CC.N. The Balaban J connectivity index is 0.00000201. The van der Waals surface area contributed by atoms with Gasteiger partial charge in [0, 0.05) is 25.2 Å². The van der Waals surface area contributed by atoms with Crippen LogP contribution in [0, 0.1) is 0 Å². The monoisotopic (exact) mass is 365 g/mol. The molecule has 0 aromatic heterocycles. The molecule has 0 amide bonds. The van der Waals surface area contributed by atoms with Crippen LogP contribution in [0.1, 0.15) is 25.8 Å². The Kier molecular flexibility index (Phi) is 12.7. The lowest BCUT2D eigenvalue weighted by Gasteiger charge is -2.15. The molecule has 1 heterocycles. The predicted molar refractivity (Wildman–Crippen MR) is 106 cm³/mol. The number of ether oxygens (including phenoxy) is 2. The highest BCUT2D eigenvalue weighted by molar-refractivity contribution is 5.28. The van der Waals surface area contributed by atoms with Gasteiger partial charge in [-0.15, -0.1) is 0 Å². The molecule has 0 fully saturated rings. The van der Waals surface area contributed by atoms with E-state index in [9.17, 15) is 4.39 Å². The number of nitrogens with one attached hydrogen (secondary N) is 2. The summed E-state index contributed by atoms with van der Waals surface area (Å²) < 4.78 is 23.6. The second-order valence-corrected chi connectivity index (χ2v) is 5.26. The fourth-order valence-electron chi connectivity index (χ4n) is 2.10. The smallest absolute Gasteiger partial charge is 0.127 e. The van der Waals surface area contributed by atoms with Gasteiger partial charge in [-0.05, 0) is 29.8 Å². The highest BCUT2D eigenvalue weighted by Crippen LogP contribution is 2.12. The average molecular weight is 365 g/mol. The lowest BCUT2D eigenvalue weighted by Crippen LogP contribution is -2.22. The first-order valence-corrected chi connectivity index (χ1v) is 8.60. The fourth-order valence-corrected chi connectivity index (χ4v) is 2.10. The first kappa shape index (κ1) is 23.7. The van der Waals surface area contributed by atoms with E-state index in [-0.39, 0.29) is 18.5 Å². The van der Waals surface area contributed by atoms with Crippen LogP contribution in [0.15, 0.2) is 60.3 Å². The average Bonchev–Trinajstić information content (AvgIpc) is 2.66. The minimum absolute atomic E-state index is 0. The Morgan fingerprint density at radius 2 is 2.08 bits per heavy atom. The summed E-state index contributed by atoms with van der Waals surface area (Å²) in [5.74, 6) is 1.39. The molecule has 0 unspecified atom stereocenters. The first-order chi connectivity index (χ1) is 12.2. The quantitative estimate of drug-likeness (QED) is 0.451. The molecule has 5 N–H and O–H groups in total. The van der Waals surface area contributed by atoms with Gasteiger partial charge in [0.2, 0.25) is 0 Å². The van der Waals surface area contributed by atoms with E-state index in [2.05, 4.69) is 23.3 Å². The van der Waals surface area contributed by atoms with Gasteiger partial charge < -0.3 is 26.3 Å². The van der Waals surface area contributed by atoms with Crippen LogP contribution in [0.2, 0.25) is 0 Å². The van der Waals surface area contributed by atoms with Gasteiger partial charge in [0.25, 0.3) is 0 Å². The van der Waals surface area contributed by atoms with Gasteiger partial charge in [-0.2, -0.15) is 0 Å². The normalized spacial score (nSPS) is 12.3. The number of benzene rings is 1. The molecule has 1 aliphatic heterocycles. The van der Waals surface area contributed by atoms with Gasteiger partial charge in [-0.3, -0.25) is 0 Å². The third kappa shape index (κ3) is 9.25. The number of dihydropyridines is 1. The second-order valence-electron chi connectivity index (χ2n) is 5.26. The van der Waals surface area contributed by atoms with Crippen LogP contribution in [0.5, 0.6) is 5.75 Å². The lowest BCUT2D eigenvalue weighted by atomic mass is 10.2. The molecule has 146 valence electrons. The van der Waals surface area contributed by atoms with Crippen molar-refractivity contribution < 1.29 is 13.9 Å². The third-order valence-corrected chi connectivity index (χ3v) is 3.43. The van der Waals surface area contributed by atoms with Gasteiger partial charge >= 0.3 is 0 Å². The fraction of sp³-hybridized carbons (Fsp3) is 0.400. The van der Waals surface area contributed by atoms with Crippen molar-refractivity contribution in [3.05, 3.63) is 65.8 Å². The molecule has 1 aromatic rings. The van der Waals surface area contributed by atoms with Crippen molar-refractivity contribution in [3.63, 3.8) is 0 Å². The van der Waals surface area contributed by atoms with Crippen LogP contribution in [0.25, 0.3) is 0 Å². The highest BCUT2D eigenvalue weighted by Gasteiger charge is 2.05. The maximum atomic E-state index is 12.8. The Labute approximate surface area is 156 Å². The summed E-state index contributed by atoms with van der Waals surface area (Å²) in [4.78, 5) is 0. The van der Waals surface area contributed by atoms with Gasteiger partial charge in [0.15, 0.2) is 0 Å². The number of allylic oxidation sites excluding steroid dienone is 2. The predicted octanol–water partition coefficient (Wildman–Crippen LogP) is 4.23. The zero-order valence-electron chi connectivity index (χ0n) is 16.1. The van der Waals surface area contributed by atoms with Gasteiger partial charge in [-0.25, -0.2) is 4.39 Å². The van der Waals surface area contributed by atoms with Crippen molar-refractivity contribution in [3.8, 4) is 5.75 Å². The molecule has 1 aromatic carbocycles. The third-order valence-electron chi connectivity index (χ3n) is 3.43. The molecule has 6 heteroatoms. The van der Waals surface area contributed by atoms with Crippen LogP contribution in [0.4, 0.5) is 4.39 Å². The molecule has 26 heavy (non-hydrogen) atoms. The molecular weight excluding hydrogens is 333 g/mol. The topological polar surface area (TPSA) is 77.5 Å². The van der Waals surface area contributed by atoms with E-state index in [1.807, 2.05) is 32.0 Å². The molecule has 1 aliphatic rings. The molecule has 0 bridgehead atoms. The molecule has 0 saturated carbocycles. The van der Waals surface area contributed by atoms with Gasteiger partial charge in [0.05, 0.1) is 19.4 Å². The van der Waals surface area contributed by atoms with Crippen LogP contribution in [-0.4, -0.2) is 26.8 Å². The zero-order valence-corrected chi connectivity index (χ0v) is 16.1. The highest BCUT2D eigenvalue weighted by atomic mass is 19.1. The summed E-state index contributed by atoms with van der Waals surface area (Å²) in [6.07, 6.45) is 3.86. The van der Waals surface area contributed by atoms with Crippen molar-refractivity contribution in [1.29, 1.82) is 0 Å². The standard InChI is InChI=1S/C18H23FN2O2.C2H6.H3N/c1-14(23-13-17-7-6-16(19)12-21-17)8-9-20-11-15-4-3-5-18(10-15)22-2;1-2;/h3-7,10,20-21H,1,8-9,11-13H2,2H3;1-2H3;1H3. The largest absolute Gasteiger partial charge is 0.497 e. The number of hydrogen-bond acceptors (Lipinski definition) is 5. The number of hydrogen-bond donors (Lipinski definition) is 3. The number of rotatable bonds is 9. The summed E-state index contributed by atoms with van der Waals surface area (Å²) in [6.45, 7) is 10.1. The van der Waals surface area contributed by atoms with Crippen molar-refractivity contribution in [1.82, 2.24) is 16.8 Å². The van der Waals surface area contributed by atoms with Crippen LogP contribution in [-0.2, 0) is 11.3 Å². The summed E-state index contributed by atoms with van der Waals surface area (Å²) in [7, 11) is 1.66. The van der Waals surface area contributed by atoms with Crippen molar-refractivity contribution in [2.24, 2.45) is 0 Å². The van der Waals surface area contributed by atoms with E-state index >= 15 is 0 Å². The van der Waals surface area contributed by atoms with Gasteiger partial charge in [-0.1, -0.05) is 32.6 Å². The number of methoxy groups -OCH3 is 1. The maximum Gasteiger partial charge on any atom is 0.127 e. The van der Waals surface area contributed by atoms with Crippen LogP contribution < -0.4 is 21.5 Å². The van der Waals surface area contributed by atoms with Crippen LogP contribution >= 0.6 is 0 Å². The van der Waals surface area contributed by atoms with E-state index in [1.54, 1.807) is 13.2 Å². The number of halogens is 1. The van der Waals surface area contributed by atoms with Gasteiger partial charge in [0.1, 0.15) is 18.2 Å². The molecule has 0 aliphatic carbocycles. The maximum absolute atomic E-state index is 12.8. The lowest BCUT2D eigenvalue weighted by molar-refractivity contribution is 0.223. The molecule has 0 radical (unpaired) electrons. The minimum atomic E-state index is -0.172. The molecule has 2 rings (SSSR count). The Morgan fingerprint density at radius 1 is 1.31 bits per heavy atom. The van der Waals surface area contributed by atoms with Crippen molar-refractivity contribution in [2.75, 3.05) is 26.8 Å². The molecule has 0 atom stereocenters. The zero-order chi connectivity index (χ0) is 18.5. The minimum Gasteiger partial charge on any atom is -0.497 e. The van der Waals surface area contributed by atoms with Crippen molar-refractivity contribution in [2.45, 2.75) is 26.8 Å². The molecule has 0 spiro atoms. The van der Waals surface area contributed by atoms with E-state index < -0.39 is 0 Å². The molecular formula is C20H32FN3O2. The first-order valence-electron chi connectivity index (χ1n) is 8.60.